The number of benzene rings is 3. The van der Waals surface area contributed by atoms with Gasteiger partial charge in [0, 0.05) is 23.7 Å². The molecule has 0 heterocycles. The lowest BCUT2D eigenvalue weighted by atomic mass is 9.59. The van der Waals surface area contributed by atoms with Crippen molar-refractivity contribution in [1.29, 1.82) is 0 Å². The van der Waals surface area contributed by atoms with Crippen molar-refractivity contribution < 1.29 is 14.3 Å². The molecule has 4 heteroatoms. The Kier molecular flexibility index (Phi) is 6.43. The van der Waals surface area contributed by atoms with Crippen molar-refractivity contribution in [1.82, 2.24) is 5.32 Å². The molecule has 0 spiro atoms. The first-order valence-electron chi connectivity index (χ1n) is 12.3. The van der Waals surface area contributed by atoms with E-state index in [-0.39, 0.29) is 12.4 Å². The number of ketones is 1. The Balaban J connectivity index is 1.77. The van der Waals surface area contributed by atoms with Gasteiger partial charge in [0.25, 0.3) is 0 Å². The summed E-state index contributed by atoms with van der Waals surface area (Å²) in [6.07, 6.45) is 4.18. The van der Waals surface area contributed by atoms with Gasteiger partial charge in [-0.2, -0.15) is 0 Å². The monoisotopic (exact) mass is 475 g/mol. The van der Waals surface area contributed by atoms with Gasteiger partial charge in [-0.1, -0.05) is 91.0 Å². The summed E-state index contributed by atoms with van der Waals surface area (Å²) in [4.78, 5) is 27.9. The topological polar surface area (TPSA) is 55.4 Å². The van der Waals surface area contributed by atoms with Crippen LogP contribution < -0.4 is 5.32 Å². The fourth-order valence-electron chi connectivity index (χ4n) is 5.66. The highest BCUT2D eigenvalue weighted by molar-refractivity contribution is 6.20. The highest BCUT2D eigenvalue weighted by atomic mass is 16.5. The summed E-state index contributed by atoms with van der Waals surface area (Å²) in [5, 5.41) is 3.51. The van der Waals surface area contributed by atoms with E-state index in [0.29, 0.717) is 29.8 Å². The molecule has 0 saturated carbocycles. The molecule has 0 saturated heterocycles. The fourth-order valence-corrected chi connectivity index (χ4v) is 5.66. The Hall–Kier alpha value is -4.18. The first-order chi connectivity index (χ1) is 17.6. The molecule has 4 nitrogen and oxygen atoms in total. The van der Waals surface area contributed by atoms with Crippen molar-refractivity contribution in [2.45, 2.75) is 25.8 Å². The predicted octanol–water partition coefficient (Wildman–Crippen LogP) is 6.23. The van der Waals surface area contributed by atoms with Crippen molar-refractivity contribution in [3.8, 4) is 0 Å². The fraction of sp³-hybridized carbons (Fsp3) is 0.188. The highest BCUT2D eigenvalue weighted by Gasteiger charge is 2.58. The zero-order valence-corrected chi connectivity index (χ0v) is 20.4. The third kappa shape index (κ3) is 3.79. The maximum Gasteiger partial charge on any atom is 0.336 e. The molecule has 3 aromatic carbocycles. The van der Waals surface area contributed by atoms with E-state index in [9.17, 15) is 9.59 Å². The lowest BCUT2D eigenvalue weighted by Gasteiger charge is -2.42. The van der Waals surface area contributed by atoms with Gasteiger partial charge in [0.05, 0.1) is 17.6 Å². The molecule has 2 aliphatic carbocycles. The van der Waals surface area contributed by atoms with Crippen molar-refractivity contribution in [2.75, 3.05) is 6.61 Å². The first-order valence-corrected chi connectivity index (χ1v) is 12.3. The summed E-state index contributed by atoms with van der Waals surface area (Å²) in [5.41, 5.74) is 4.68. The lowest BCUT2D eigenvalue weighted by molar-refractivity contribution is -0.139. The summed E-state index contributed by atoms with van der Waals surface area (Å²) < 4.78 is 5.60. The SMILES string of the molecule is C=CCC12C(=O)c3ccccc3C1=CC(NCc1ccccc1)=C(C(=O)OCC)C2c1ccccc1. The number of allylic oxidation sites excluding steroid dienone is 3. The number of Topliss-reactive ketones (excluding diaryl/α,β-unsaturated/α-hetero) is 1. The Labute approximate surface area is 212 Å². The third-order valence-corrected chi connectivity index (χ3v) is 7.13. The highest BCUT2D eigenvalue weighted by Crippen LogP contribution is 2.61. The van der Waals surface area contributed by atoms with E-state index in [1.807, 2.05) is 91.0 Å². The number of hydrogen-bond acceptors (Lipinski definition) is 4. The van der Waals surface area contributed by atoms with Crippen molar-refractivity contribution in [2.24, 2.45) is 5.41 Å². The number of rotatable bonds is 8. The van der Waals surface area contributed by atoms with Gasteiger partial charge in [-0.3, -0.25) is 4.79 Å². The molecule has 0 aliphatic heterocycles. The van der Waals surface area contributed by atoms with Crippen LogP contribution in [0, 0.1) is 5.41 Å². The molecule has 0 bridgehead atoms. The van der Waals surface area contributed by atoms with E-state index in [2.05, 4.69) is 11.9 Å². The van der Waals surface area contributed by atoms with E-state index in [4.69, 9.17) is 4.74 Å². The van der Waals surface area contributed by atoms with Gasteiger partial charge in [0.2, 0.25) is 0 Å². The van der Waals surface area contributed by atoms with Crippen LogP contribution in [0.2, 0.25) is 0 Å². The summed E-state index contributed by atoms with van der Waals surface area (Å²) in [5.74, 6) is -0.930. The Morgan fingerprint density at radius 3 is 2.28 bits per heavy atom. The van der Waals surface area contributed by atoms with E-state index in [1.165, 1.54) is 0 Å². The van der Waals surface area contributed by atoms with E-state index < -0.39 is 17.3 Å². The van der Waals surface area contributed by atoms with Crippen molar-refractivity contribution in [3.05, 3.63) is 137 Å². The first kappa shape index (κ1) is 23.6. The minimum Gasteiger partial charge on any atom is -0.463 e. The summed E-state index contributed by atoms with van der Waals surface area (Å²) in [7, 11) is 0. The standard InChI is InChI=1S/C32H29NO3/c1-3-19-32-26(24-17-11-12-18-25(24)30(32)34)20-27(33-21-22-13-7-5-8-14-22)28(31(35)36-4-2)29(32)23-15-9-6-10-16-23/h3,5-18,20,29,33H,1,4,19,21H2,2H3. The molecular weight excluding hydrogens is 446 g/mol. The molecule has 2 atom stereocenters. The van der Waals surface area contributed by atoms with Gasteiger partial charge < -0.3 is 10.1 Å². The van der Waals surface area contributed by atoms with Crippen LogP contribution in [0.15, 0.2) is 115 Å². The predicted molar refractivity (Wildman–Crippen MR) is 142 cm³/mol. The molecule has 2 aliphatic rings. The van der Waals surface area contributed by atoms with Gasteiger partial charge in [0.1, 0.15) is 0 Å². The molecule has 180 valence electrons. The van der Waals surface area contributed by atoms with E-state index >= 15 is 0 Å². The van der Waals surface area contributed by atoms with Gasteiger partial charge in [-0.05, 0) is 41.7 Å². The van der Waals surface area contributed by atoms with Gasteiger partial charge >= 0.3 is 5.97 Å². The molecule has 0 fully saturated rings. The molecule has 0 aromatic heterocycles. The number of nitrogens with one attached hydrogen (secondary N) is 1. The van der Waals surface area contributed by atoms with Crippen LogP contribution in [-0.2, 0) is 16.1 Å². The van der Waals surface area contributed by atoms with Crippen LogP contribution in [0.3, 0.4) is 0 Å². The number of fused-ring (bicyclic) bond motifs is 3. The smallest absolute Gasteiger partial charge is 0.336 e. The minimum atomic E-state index is -0.979. The molecule has 1 N–H and O–H groups in total. The summed E-state index contributed by atoms with van der Waals surface area (Å²) >= 11 is 0. The quantitative estimate of drug-likeness (QED) is 0.310. The van der Waals surface area contributed by atoms with Crippen molar-refractivity contribution >= 4 is 17.3 Å². The van der Waals surface area contributed by atoms with Crippen LogP contribution in [0.5, 0.6) is 0 Å². The molecule has 3 aromatic rings. The molecule has 2 unspecified atom stereocenters. The zero-order chi connectivity index (χ0) is 25.1. The molecule has 0 radical (unpaired) electrons. The normalized spacial score (nSPS) is 20.3. The van der Waals surface area contributed by atoms with E-state index in [0.717, 1.165) is 22.3 Å². The van der Waals surface area contributed by atoms with Gasteiger partial charge in [-0.15, -0.1) is 6.58 Å². The molecule has 0 amide bonds. The molecule has 5 rings (SSSR count). The van der Waals surface area contributed by atoms with E-state index in [1.54, 1.807) is 13.0 Å². The molecular formula is C32H29NO3. The zero-order valence-electron chi connectivity index (χ0n) is 20.4. The minimum absolute atomic E-state index is 0.0158. The number of hydrogen-bond donors (Lipinski definition) is 1. The average molecular weight is 476 g/mol. The summed E-state index contributed by atoms with van der Waals surface area (Å²) in [6, 6.07) is 27.6. The van der Waals surface area contributed by atoms with Crippen LogP contribution in [0.1, 0.15) is 46.3 Å². The average Bonchev–Trinajstić information content (AvgIpc) is 3.16. The van der Waals surface area contributed by atoms with Crippen LogP contribution >= 0.6 is 0 Å². The number of carbonyl (C=O) groups is 2. The number of carbonyl (C=O) groups excluding carboxylic acids is 2. The largest absolute Gasteiger partial charge is 0.463 e. The van der Waals surface area contributed by atoms with Gasteiger partial charge in [-0.25, -0.2) is 4.79 Å². The van der Waals surface area contributed by atoms with Crippen LogP contribution in [0.4, 0.5) is 0 Å². The Morgan fingerprint density at radius 2 is 1.61 bits per heavy atom. The third-order valence-electron chi connectivity index (χ3n) is 7.13. The Bertz CT molecular complexity index is 1370. The van der Waals surface area contributed by atoms with Crippen LogP contribution in [-0.4, -0.2) is 18.4 Å². The Morgan fingerprint density at radius 1 is 0.972 bits per heavy atom. The maximum atomic E-state index is 14.3. The number of ether oxygens (including phenoxy) is 1. The second kappa shape index (κ2) is 9.82. The molecule has 36 heavy (non-hydrogen) atoms. The second-order valence-electron chi connectivity index (χ2n) is 9.13. The lowest BCUT2D eigenvalue weighted by Crippen LogP contribution is -2.41. The second-order valence-corrected chi connectivity index (χ2v) is 9.13. The number of esters is 1. The maximum absolute atomic E-state index is 14.3. The summed E-state index contributed by atoms with van der Waals surface area (Å²) in [6.45, 7) is 6.59. The van der Waals surface area contributed by atoms with Crippen molar-refractivity contribution in [3.63, 3.8) is 0 Å². The van der Waals surface area contributed by atoms with Crippen LogP contribution in [0.25, 0.3) is 5.57 Å². The van der Waals surface area contributed by atoms with Gasteiger partial charge in [0.15, 0.2) is 5.78 Å².